The molecule has 2 aromatic heterocycles. The third-order valence-electron chi connectivity index (χ3n) is 2.61. The van der Waals surface area contributed by atoms with Crippen LogP contribution in [0.4, 0.5) is 0 Å². The number of rotatable bonds is 4. The molecule has 0 fully saturated rings. The van der Waals surface area contributed by atoms with Gasteiger partial charge in [0.2, 0.25) is 0 Å². The molecule has 0 radical (unpaired) electrons. The van der Waals surface area contributed by atoms with Crippen molar-refractivity contribution in [2.45, 2.75) is 13.5 Å². The third kappa shape index (κ3) is 3.25. The monoisotopic (exact) mass is 258 g/mol. The van der Waals surface area contributed by atoms with E-state index in [0.717, 1.165) is 0 Å². The van der Waals surface area contributed by atoms with Crippen molar-refractivity contribution in [3.8, 4) is 0 Å². The van der Waals surface area contributed by atoms with E-state index in [1.54, 1.807) is 31.3 Å². The smallest absolute Gasteiger partial charge is 0.269 e. The molecule has 2 rings (SSSR count). The SMILES string of the molecule is Cc1cncn(CCNC(=O)c2ccccn2)c1=O. The van der Waals surface area contributed by atoms with E-state index in [2.05, 4.69) is 15.3 Å². The van der Waals surface area contributed by atoms with Gasteiger partial charge in [0.1, 0.15) is 5.69 Å². The summed E-state index contributed by atoms with van der Waals surface area (Å²) in [4.78, 5) is 31.3. The average Bonchev–Trinajstić information content (AvgIpc) is 2.44. The predicted octanol–water partition coefficient (Wildman–Crippen LogP) is 0.377. The van der Waals surface area contributed by atoms with Gasteiger partial charge in [-0.1, -0.05) is 6.07 Å². The number of nitrogens with one attached hydrogen (secondary N) is 1. The van der Waals surface area contributed by atoms with Crippen LogP contribution in [-0.4, -0.2) is 27.0 Å². The van der Waals surface area contributed by atoms with Crippen molar-refractivity contribution >= 4 is 5.91 Å². The van der Waals surface area contributed by atoms with Gasteiger partial charge in [-0.3, -0.25) is 19.1 Å². The Balaban J connectivity index is 1.92. The van der Waals surface area contributed by atoms with Crippen molar-refractivity contribution < 1.29 is 4.79 Å². The molecule has 6 heteroatoms. The Morgan fingerprint density at radius 3 is 3.00 bits per heavy atom. The van der Waals surface area contributed by atoms with Gasteiger partial charge in [0.05, 0.1) is 6.33 Å². The van der Waals surface area contributed by atoms with Crippen LogP contribution >= 0.6 is 0 Å². The molecule has 0 bridgehead atoms. The van der Waals surface area contributed by atoms with Gasteiger partial charge in [-0.25, -0.2) is 4.98 Å². The number of pyridine rings is 1. The highest BCUT2D eigenvalue weighted by Crippen LogP contribution is 1.92. The number of hydrogen-bond donors (Lipinski definition) is 1. The van der Waals surface area contributed by atoms with E-state index in [9.17, 15) is 9.59 Å². The lowest BCUT2D eigenvalue weighted by atomic mass is 10.3. The van der Waals surface area contributed by atoms with Crippen LogP contribution in [0.25, 0.3) is 0 Å². The highest BCUT2D eigenvalue weighted by Gasteiger charge is 2.05. The quantitative estimate of drug-likeness (QED) is 0.860. The van der Waals surface area contributed by atoms with Crippen LogP contribution < -0.4 is 10.9 Å². The van der Waals surface area contributed by atoms with Crippen LogP contribution in [0.3, 0.4) is 0 Å². The van der Waals surface area contributed by atoms with Crippen LogP contribution in [0.5, 0.6) is 0 Å². The Morgan fingerprint density at radius 1 is 1.42 bits per heavy atom. The Bertz CT molecular complexity index is 622. The number of aromatic nitrogens is 3. The zero-order valence-corrected chi connectivity index (χ0v) is 10.5. The summed E-state index contributed by atoms with van der Waals surface area (Å²) < 4.78 is 1.47. The molecule has 0 aliphatic rings. The van der Waals surface area contributed by atoms with Gasteiger partial charge in [0.25, 0.3) is 11.5 Å². The second-order valence-electron chi connectivity index (χ2n) is 4.05. The Kier molecular flexibility index (Phi) is 4.02. The first kappa shape index (κ1) is 12.9. The molecule has 6 nitrogen and oxygen atoms in total. The summed E-state index contributed by atoms with van der Waals surface area (Å²) >= 11 is 0. The lowest BCUT2D eigenvalue weighted by Gasteiger charge is -2.07. The van der Waals surface area contributed by atoms with Gasteiger partial charge < -0.3 is 5.32 Å². The first-order valence-electron chi connectivity index (χ1n) is 5.89. The van der Waals surface area contributed by atoms with E-state index >= 15 is 0 Å². The molecule has 2 heterocycles. The number of carbonyl (C=O) groups excluding carboxylic acids is 1. The summed E-state index contributed by atoms with van der Waals surface area (Å²) in [5, 5.41) is 2.71. The Hall–Kier alpha value is -2.50. The first-order chi connectivity index (χ1) is 9.18. The standard InChI is InChI=1S/C13H14N4O2/c1-10-8-14-9-17(13(10)19)7-6-16-12(18)11-4-2-3-5-15-11/h2-5,8-9H,6-7H2,1H3,(H,16,18). The molecule has 19 heavy (non-hydrogen) atoms. The summed E-state index contributed by atoms with van der Waals surface area (Å²) in [5.41, 5.74) is 0.845. The molecule has 0 saturated carbocycles. The second kappa shape index (κ2) is 5.90. The molecular formula is C13H14N4O2. The van der Waals surface area contributed by atoms with E-state index in [1.165, 1.54) is 17.1 Å². The van der Waals surface area contributed by atoms with Crippen molar-refractivity contribution in [3.63, 3.8) is 0 Å². The van der Waals surface area contributed by atoms with Crippen LogP contribution in [-0.2, 0) is 6.54 Å². The summed E-state index contributed by atoms with van der Waals surface area (Å²) in [6, 6.07) is 5.13. The molecule has 0 atom stereocenters. The Morgan fingerprint density at radius 2 is 2.26 bits per heavy atom. The minimum atomic E-state index is -0.255. The van der Waals surface area contributed by atoms with Gasteiger partial charge in [-0.2, -0.15) is 0 Å². The van der Waals surface area contributed by atoms with Gasteiger partial charge in [-0.15, -0.1) is 0 Å². The van der Waals surface area contributed by atoms with Gasteiger partial charge in [-0.05, 0) is 19.1 Å². The summed E-state index contributed by atoms with van der Waals surface area (Å²) in [7, 11) is 0. The van der Waals surface area contributed by atoms with E-state index in [1.807, 2.05) is 0 Å². The van der Waals surface area contributed by atoms with Crippen LogP contribution in [0, 0.1) is 6.92 Å². The van der Waals surface area contributed by atoms with Crippen molar-refractivity contribution in [2.24, 2.45) is 0 Å². The minimum absolute atomic E-state index is 0.0953. The van der Waals surface area contributed by atoms with E-state index in [0.29, 0.717) is 24.3 Å². The lowest BCUT2D eigenvalue weighted by Crippen LogP contribution is -2.31. The maximum absolute atomic E-state index is 11.7. The van der Waals surface area contributed by atoms with Gasteiger partial charge >= 0.3 is 0 Å². The largest absolute Gasteiger partial charge is 0.349 e. The van der Waals surface area contributed by atoms with E-state index in [-0.39, 0.29) is 11.5 Å². The van der Waals surface area contributed by atoms with Crippen molar-refractivity contribution in [2.75, 3.05) is 6.54 Å². The van der Waals surface area contributed by atoms with Crippen LogP contribution in [0.15, 0.2) is 41.7 Å². The predicted molar refractivity (Wildman–Crippen MR) is 69.8 cm³/mol. The third-order valence-corrected chi connectivity index (χ3v) is 2.61. The highest BCUT2D eigenvalue weighted by molar-refractivity contribution is 5.92. The highest BCUT2D eigenvalue weighted by atomic mass is 16.2. The van der Waals surface area contributed by atoms with Crippen LogP contribution in [0.2, 0.25) is 0 Å². The number of hydrogen-bond acceptors (Lipinski definition) is 4. The van der Waals surface area contributed by atoms with Gasteiger partial charge in [0, 0.05) is 31.0 Å². The molecule has 0 aromatic carbocycles. The summed E-state index contributed by atoms with van der Waals surface area (Å²) in [6.07, 6.45) is 4.54. The molecule has 0 unspecified atom stereocenters. The number of amides is 1. The molecule has 0 spiro atoms. The zero-order valence-electron chi connectivity index (χ0n) is 10.5. The fourth-order valence-corrected chi connectivity index (χ4v) is 1.60. The van der Waals surface area contributed by atoms with Crippen LogP contribution in [0.1, 0.15) is 16.1 Å². The van der Waals surface area contributed by atoms with Crippen molar-refractivity contribution in [3.05, 3.63) is 58.5 Å². The molecule has 0 aliphatic carbocycles. The molecule has 0 saturated heterocycles. The molecule has 0 aliphatic heterocycles. The molecule has 98 valence electrons. The molecule has 1 amide bonds. The average molecular weight is 258 g/mol. The zero-order chi connectivity index (χ0) is 13.7. The lowest BCUT2D eigenvalue weighted by molar-refractivity contribution is 0.0947. The number of aryl methyl sites for hydroxylation is 1. The molecule has 1 N–H and O–H groups in total. The minimum Gasteiger partial charge on any atom is -0.349 e. The maximum atomic E-state index is 11.7. The normalized spacial score (nSPS) is 10.2. The van der Waals surface area contributed by atoms with Gasteiger partial charge in [0.15, 0.2) is 0 Å². The summed E-state index contributed by atoms with van der Waals surface area (Å²) in [5.74, 6) is -0.255. The fourth-order valence-electron chi connectivity index (χ4n) is 1.60. The molecule has 2 aromatic rings. The van der Waals surface area contributed by atoms with Crippen molar-refractivity contribution in [1.29, 1.82) is 0 Å². The number of nitrogens with zero attached hydrogens (tertiary/aromatic N) is 3. The summed E-state index contributed by atoms with van der Waals surface area (Å²) in [6.45, 7) is 2.44. The van der Waals surface area contributed by atoms with E-state index in [4.69, 9.17) is 0 Å². The maximum Gasteiger partial charge on any atom is 0.269 e. The first-order valence-corrected chi connectivity index (χ1v) is 5.89. The van der Waals surface area contributed by atoms with E-state index < -0.39 is 0 Å². The molecular weight excluding hydrogens is 244 g/mol. The number of carbonyl (C=O) groups is 1. The topological polar surface area (TPSA) is 76.9 Å². The fraction of sp³-hybridized carbons (Fsp3) is 0.231. The van der Waals surface area contributed by atoms with Crippen molar-refractivity contribution in [1.82, 2.24) is 19.9 Å². The Labute approximate surface area is 110 Å². The second-order valence-corrected chi connectivity index (χ2v) is 4.05.